The Morgan fingerprint density at radius 2 is 2.18 bits per heavy atom. The molecule has 0 aromatic heterocycles. The van der Waals surface area contributed by atoms with Gasteiger partial charge >= 0.3 is 13.1 Å². The molecule has 0 saturated heterocycles. The van der Waals surface area contributed by atoms with Crippen LogP contribution in [-0.4, -0.2) is 35.3 Å². The molecule has 0 bridgehead atoms. The Kier molecular flexibility index (Phi) is 5.26. The van der Waals surface area contributed by atoms with Crippen LogP contribution < -0.4 is 5.32 Å². The van der Waals surface area contributed by atoms with E-state index in [1.165, 1.54) is 0 Å². The summed E-state index contributed by atoms with van der Waals surface area (Å²) in [6.45, 7) is 2.52. The summed E-state index contributed by atoms with van der Waals surface area (Å²) in [4.78, 5) is 11.9. The lowest BCUT2D eigenvalue weighted by Gasteiger charge is -2.28. The summed E-state index contributed by atoms with van der Waals surface area (Å²) in [5.41, 5.74) is 2.29. The van der Waals surface area contributed by atoms with Crippen LogP contribution in [0.1, 0.15) is 36.5 Å². The molecule has 1 aliphatic rings. The van der Waals surface area contributed by atoms with E-state index in [0.29, 0.717) is 12.8 Å². The topological polar surface area (TPSA) is 89.8 Å². The van der Waals surface area contributed by atoms with Crippen LogP contribution in [0, 0.1) is 5.92 Å². The quantitative estimate of drug-likeness (QED) is 0.568. The summed E-state index contributed by atoms with van der Waals surface area (Å²) in [5.74, 6) is -0.820. The minimum Gasteiger partial charge on any atom is -0.481 e. The van der Waals surface area contributed by atoms with Gasteiger partial charge in [0.25, 0.3) is 0 Å². The van der Waals surface area contributed by atoms with Crippen LogP contribution in [0.5, 0.6) is 0 Å². The van der Waals surface area contributed by atoms with E-state index in [2.05, 4.69) is 5.32 Å². The smallest absolute Gasteiger partial charge is 0.451 e. The van der Waals surface area contributed by atoms with E-state index in [0.717, 1.165) is 29.7 Å². The van der Waals surface area contributed by atoms with Gasteiger partial charge in [0.2, 0.25) is 0 Å². The molecule has 0 radical (unpaired) electrons. The summed E-state index contributed by atoms with van der Waals surface area (Å²) in [6.07, 6.45) is 2.30. The van der Waals surface area contributed by atoms with Gasteiger partial charge < -0.3 is 20.5 Å². The first-order valence-corrected chi connectivity index (χ1v) is 7.76. The number of aliphatic carboxylic acids is 1. The van der Waals surface area contributed by atoms with Gasteiger partial charge in [-0.1, -0.05) is 24.6 Å². The predicted molar refractivity (Wildman–Crippen MR) is 85.6 cm³/mol. The first-order chi connectivity index (χ1) is 10.4. The Labute approximate surface area is 131 Å². The second-order valence-electron chi connectivity index (χ2n) is 6.29. The third-order valence-electron chi connectivity index (χ3n) is 4.93. The van der Waals surface area contributed by atoms with Crippen LogP contribution in [0.15, 0.2) is 18.2 Å². The Morgan fingerprint density at radius 3 is 2.77 bits per heavy atom. The Hall–Kier alpha value is -1.37. The average molecular weight is 305 g/mol. The van der Waals surface area contributed by atoms with Gasteiger partial charge in [-0.3, -0.25) is 4.79 Å². The molecule has 2 atom stereocenters. The molecule has 0 heterocycles. The van der Waals surface area contributed by atoms with Gasteiger partial charge in [-0.2, -0.15) is 0 Å². The standard InChI is InChI=1S/C16H24BNO4/c1-16(15(19)20)12(6-4-8-17(21)22)9-13-11(10-18-2)5-3-7-14(13)16/h3,5,7,12,18,21-22H,4,6,8-10H2,1-2H3,(H,19,20)/t12-,16-/m0/s1. The molecule has 1 aromatic carbocycles. The fraction of sp³-hybridized carbons (Fsp3) is 0.562. The van der Waals surface area contributed by atoms with Crippen LogP contribution in [0.3, 0.4) is 0 Å². The number of hydrogen-bond donors (Lipinski definition) is 4. The van der Waals surface area contributed by atoms with E-state index < -0.39 is 18.5 Å². The molecule has 0 spiro atoms. The molecular weight excluding hydrogens is 281 g/mol. The van der Waals surface area contributed by atoms with Crippen LogP contribution in [-0.2, 0) is 23.2 Å². The number of rotatable bonds is 7. The first kappa shape index (κ1) is 17.0. The van der Waals surface area contributed by atoms with Crippen molar-refractivity contribution in [2.24, 2.45) is 5.92 Å². The van der Waals surface area contributed by atoms with E-state index in [-0.39, 0.29) is 12.2 Å². The van der Waals surface area contributed by atoms with Crippen LogP contribution in [0.2, 0.25) is 6.32 Å². The monoisotopic (exact) mass is 305 g/mol. The van der Waals surface area contributed by atoms with Crippen molar-refractivity contribution in [1.29, 1.82) is 0 Å². The van der Waals surface area contributed by atoms with E-state index in [1.54, 1.807) is 6.92 Å². The highest BCUT2D eigenvalue weighted by Gasteiger charge is 2.49. The van der Waals surface area contributed by atoms with Gasteiger partial charge in [-0.15, -0.1) is 0 Å². The zero-order valence-corrected chi connectivity index (χ0v) is 13.2. The molecule has 1 aromatic rings. The van der Waals surface area contributed by atoms with Gasteiger partial charge in [-0.25, -0.2) is 0 Å². The zero-order chi connectivity index (χ0) is 16.3. The molecule has 0 amide bonds. The molecule has 5 nitrogen and oxygen atoms in total. The molecule has 0 unspecified atom stereocenters. The van der Waals surface area contributed by atoms with E-state index in [4.69, 9.17) is 10.0 Å². The number of carboxylic acids is 1. The molecule has 4 N–H and O–H groups in total. The number of carbonyl (C=O) groups is 1. The molecule has 1 aliphatic carbocycles. The largest absolute Gasteiger partial charge is 0.481 e. The number of fused-ring (bicyclic) bond motifs is 1. The fourth-order valence-corrected chi connectivity index (χ4v) is 3.62. The zero-order valence-electron chi connectivity index (χ0n) is 13.2. The van der Waals surface area contributed by atoms with Gasteiger partial charge in [0, 0.05) is 6.54 Å². The van der Waals surface area contributed by atoms with Gasteiger partial charge in [0.15, 0.2) is 0 Å². The van der Waals surface area contributed by atoms with Gasteiger partial charge in [0.1, 0.15) is 0 Å². The normalized spacial score (nSPS) is 23.4. The van der Waals surface area contributed by atoms with Crippen molar-refractivity contribution in [3.8, 4) is 0 Å². The van der Waals surface area contributed by atoms with Crippen molar-refractivity contribution in [3.05, 3.63) is 34.9 Å². The highest BCUT2D eigenvalue weighted by Crippen LogP contribution is 2.46. The third-order valence-corrected chi connectivity index (χ3v) is 4.93. The average Bonchev–Trinajstić information content (AvgIpc) is 2.75. The second-order valence-corrected chi connectivity index (χ2v) is 6.29. The van der Waals surface area contributed by atoms with Crippen LogP contribution in [0.25, 0.3) is 0 Å². The summed E-state index contributed by atoms with van der Waals surface area (Å²) >= 11 is 0. The van der Waals surface area contributed by atoms with Gasteiger partial charge in [-0.05, 0) is 55.7 Å². The van der Waals surface area contributed by atoms with Crippen molar-refractivity contribution >= 4 is 13.1 Å². The number of carboxylic acid groups (broad SMARTS) is 1. The van der Waals surface area contributed by atoms with E-state index in [9.17, 15) is 9.90 Å². The lowest BCUT2D eigenvalue weighted by atomic mass is 9.72. The summed E-state index contributed by atoms with van der Waals surface area (Å²) < 4.78 is 0. The summed E-state index contributed by atoms with van der Waals surface area (Å²) in [5, 5.41) is 30.9. The number of nitrogens with one attached hydrogen (secondary N) is 1. The van der Waals surface area contributed by atoms with Gasteiger partial charge in [0.05, 0.1) is 5.41 Å². The summed E-state index contributed by atoms with van der Waals surface area (Å²) in [6, 6.07) is 5.88. The first-order valence-electron chi connectivity index (χ1n) is 7.76. The van der Waals surface area contributed by atoms with Crippen molar-refractivity contribution in [2.45, 2.75) is 44.5 Å². The van der Waals surface area contributed by atoms with E-state index >= 15 is 0 Å². The molecule has 0 aliphatic heterocycles. The molecule has 22 heavy (non-hydrogen) atoms. The molecule has 120 valence electrons. The molecule has 6 heteroatoms. The highest BCUT2D eigenvalue weighted by atomic mass is 16.4. The highest BCUT2D eigenvalue weighted by molar-refractivity contribution is 6.40. The molecular formula is C16H24BNO4. The fourth-order valence-electron chi connectivity index (χ4n) is 3.62. The maximum atomic E-state index is 11.9. The van der Waals surface area contributed by atoms with Crippen molar-refractivity contribution < 1.29 is 19.9 Å². The Bertz CT molecular complexity index is 549. The Balaban J connectivity index is 2.30. The molecule has 2 rings (SSSR count). The summed E-state index contributed by atoms with van der Waals surface area (Å²) in [7, 11) is 0.560. The minimum atomic E-state index is -1.32. The predicted octanol–water partition coefficient (Wildman–Crippen LogP) is 1.17. The SMILES string of the molecule is CNCc1cccc2c1C[C@H](CCCB(O)O)[C@]2(C)C(=O)O. The third kappa shape index (κ3) is 3.04. The van der Waals surface area contributed by atoms with E-state index in [1.807, 2.05) is 25.2 Å². The van der Waals surface area contributed by atoms with Crippen molar-refractivity contribution in [2.75, 3.05) is 7.05 Å². The Morgan fingerprint density at radius 1 is 1.45 bits per heavy atom. The lowest BCUT2D eigenvalue weighted by Crippen LogP contribution is -2.37. The van der Waals surface area contributed by atoms with Crippen molar-refractivity contribution in [1.82, 2.24) is 5.32 Å². The van der Waals surface area contributed by atoms with Crippen LogP contribution >= 0.6 is 0 Å². The van der Waals surface area contributed by atoms with Crippen molar-refractivity contribution in [3.63, 3.8) is 0 Å². The molecule has 0 saturated carbocycles. The number of benzene rings is 1. The maximum absolute atomic E-state index is 11.9. The number of hydrogen-bond acceptors (Lipinski definition) is 4. The molecule has 0 fully saturated rings. The maximum Gasteiger partial charge on any atom is 0.451 e. The van der Waals surface area contributed by atoms with Crippen LogP contribution in [0.4, 0.5) is 0 Å². The lowest BCUT2D eigenvalue weighted by molar-refractivity contribution is -0.145. The second kappa shape index (κ2) is 6.81. The minimum absolute atomic E-state index is 0.0169.